The molecule has 1 aromatic carbocycles. The van der Waals surface area contributed by atoms with Gasteiger partial charge in [-0.1, -0.05) is 0 Å². The van der Waals surface area contributed by atoms with E-state index in [2.05, 4.69) is 15.6 Å². The van der Waals surface area contributed by atoms with Gasteiger partial charge >= 0.3 is 6.03 Å². The van der Waals surface area contributed by atoms with Crippen LogP contribution in [0.5, 0.6) is 0 Å². The average molecular weight is 269 g/mol. The second-order valence-corrected chi connectivity index (χ2v) is 6.08. The van der Waals surface area contributed by atoms with E-state index in [1.54, 1.807) is 0 Å². The van der Waals surface area contributed by atoms with Crippen molar-refractivity contribution < 1.29 is 4.79 Å². The van der Waals surface area contributed by atoms with Crippen molar-refractivity contribution in [2.75, 3.05) is 5.32 Å². The van der Waals surface area contributed by atoms with Gasteiger partial charge in [-0.3, -0.25) is 0 Å². The molecule has 0 saturated heterocycles. The molecule has 3 N–H and O–H groups in total. The highest BCUT2D eigenvalue weighted by atomic mass is 16.2. The van der Waals surface area contributed by atoms with Crippen molar-refractivity contribution in [3.8, 4) is 0 Å². The summed E-state index contributed by atoms with van der Waals surface area (Å²) in [6, 6.07) is 8.26. The number of urea groups is 1. The second kappa shape index (κ2) is 4.54. The first-order valence-electron chi connectivity index (χ1n) is 7.44. The van der Waals surface area contributed by atoms with Gasteiger partial charge in [-0.05, 0) is 61.8 Å². The molecule has 2 fully saturated rings. The molecule has 2 saturated carbocycles. The van der Waals surface area contributed by atoms with E-state index in [4.69, 9.17) is 0 Å². The van der Waals surface area contributed by atoms with Crippen LogP contribution in [-0.4, -0.2) is 17.1 Å². The first-order valence-corrected chi connectivity index (χ1v) is 7.44. The van der Waals surface area contributed by atoms with E-state index >= 15 is 0 Å². The lowest BCUT2D eigenvalue weighted by Crippen LogP contribution is -2.40. The van der Waals surface area contributed by atoms with Gasteiger partial charge in [-0.15, -0.1) is 0 Å². The summed E-state index contributed by atoms with van der Waals surface area (Å²) >= 11 is 0. The lowest BCUT2D eigenvalue weighted by Gasteiger charge is -2.18. The van der Waals surface area contributed by atoms with Crippen LogP contribution < -0.4 is 10.6 Å². The highest BCUT2D eigenvalue weighted by Crippen LogP contribution is 2.44. The Balaban J connectivity index is 1.43. The Kier molecular flexibility index (Phi) is 2.69. The predicted octanol–water partition coefficient (Wildman–Crippen LogP) is 3.48. The van der Waals surface area contributed by atoms with Crippen LogP contribution >= 0.6 is 0 Å². The maximum Gasteiger partial charge on any atom is 0.319 e. The number of aromatic amines is 1. The van der Waals surface area contributed by atoms with Crippen LogP contribution in [0.4, 0.5) is 10.5 Å². The van der Waals surface area contributed by atoms with Crippen LogP contribution in [0.15, 0.2) is 30.5 Å². The van der Waals surface area contributed by atoms with Crippen LogP contribution in [0.2, 0.25) is 0 Å². The van der Waals surface area contributed by atoms with Crippen molar-refractivity contribution in [2.24, 2.45) is 11.8 Å². The minimum atomic E-state index is -0.0660. The quantitative estimate of drug-likeness (QED) is 0.782. The monoisotopic (exact) mass is 269 g/mol. The Morgan fingerprint density at radius 3 is 2.60 bits per heavy atom. The lowest BCUT2D eigenvalue weighted by atomic mass is 10.1. The standard InChI is InChI=1S/C16H19N3O/c20-16(19-15(10-1-2-10)11-3-4-11)18-13-5-6-14-12(9-13)7-8-17-14/h5-11,15,17H,1-4H2,(H2,18,19,20). The molecule has 0 atom stereocenters. The number of H-pyrrole nitrogens is 1. The van der Waals surface area contributed by atoms with Gasteiger partial charge in [0.05, 0.1) is 0 Å². The number of amides is 2. The molecule has 1 heterocycles. The topological polar surface area (TPSA) is 56.9 Å². The number of anilines is 1. The second-order valence-electron chi connectivity index (χ2n) is 6.08. The molecule has 2 aliphatic rings. The fraction of sp³-hybridized carbons (Fsp3) is 0.438. The first kappa shape index (κ1) is 11.8. The van der Waals surface area contributed by atoms with Gasteiger partial charge < -0.3 is 15.6 Å². The summed E-state index contributed by atoms with van der Waals surface area (Å²) < 4.78 is 0. The average Bonchev–Trinajstić information content (AvgIpc) is 3.34. The number of benzene rings is 1. The number of carbonyl (C=O) groups excluding carboxylic acids is 1. The summed E-state index contributed by atoms with van der Waals surface area (Å²) in [7, 11) is 0. The van der Waals surface area contributed by atoms with Crippen molar-refractivity contribution in [2.45, 2.75) is 31.7 Å². The van der Waals surface area contributed by atoms with E-state index in [0.717, 1.165) is 28.4 Å². The third-order valence-electron chi connectivity index (χ3n) is 4.37. The van der Waals surface area contributed by atoms with Gasteiger partial charge in [0.2, 0.25) is 0 Å². The van der Waals surface area contributed by atoms with Crippen LogP contribution in [0.3, 0.4) is 0 Å². The number of hydrogen-bond acceptors (Lipinski definition) is 1. The summed E-state index contributed by atoms with van der Waals surface area (Å²) in [5.41, 5.74) is 1.93. The van der Waals surface area contributed by atoms with Gasteiger partial charge in [0.25, 0.3) is 0 Å². The van der Waals surface area contributed by atoms with E-state index < -0.39 is 0 Å². The number of carbonyl (C=O) groups is 1. The number of fused-ring (bicyclic) bond motifs is 1. The highest BCUT2D eigenvalue weighted by Gasteiger charge is 2.42. The highest BCUT2D eigenvalue weighted by molar-refractivity contribution is 5.92. The molecule has 4 heteroatoms. The lowest BCUT2D eigenvalue weighted by molar-refractivity contribution is 0.245. The van der Waals surface area contributed by atoms with E-state index in [9.17, 15) is 4.79 Å². The number of rotatable bonds is 4. The summed E-state index contributed by atoms with van der Waals surface area (Å²) in [6.45, 7) is 0. The zero-order valence-electron chi connectivity index (χ0n) is 11.4. The fourth-order valence-electron chi connectivity index (χ4n) is 2.98. The zero-order valence-corrected chi connectivity index (χ0v) is 11.4. The first-order chi connectivity index (χ1) is 9.79. The van der Waals surface area contributed by atoms with Gasteiger partial charge in [0, 0.05) is 28.8 Å². The molecule has 2 aliphatic carbocycles. The molecular weight excluding hydrogens is 250 g/mol. The predicted molar refractivity (Wildman–Crippen MR) is 79.7 cm³/mol. The molecule has 0 radical (unpaired) electrons. The summed E-state index contributed by atoms with van der Waals surface area (Å²) in [5, 5.41) is 7.24. The van der Waals surface area contributed by atoms with E-state index in [1.165, 1.54) is 25.7 Å². The smallest absolute Gasteiger partial charge is 0.319 e. The number of nitrogens with one attached hydrogen (secondary N) is 3. The van der Waals surface area contributed by atoms with Crippen molar-refractivity contribution in [1.29, 1.82) is 0 Å². The Bertz CT molecular complexity index is 628. The fourth-order valence-corrected chi connectivity index (χ4v) is 2.98. The molecule has 0 aliphatic heterocycles. The molecule has 20 heavy (non-hydrogen) atoms. The summed E-state index contributed by atoms with van der Waals surface area (Å²) in [4.78, 5) is 15.3. The van der Waals surface area contributed by atoms with Crippen LogP contribution in [-0.2, 0) is 0 Å². The van der Waals surface area contributed by atoms with Gasteiger partial charge in [-0.25, -0.2) is 4.79 Å². The molecule has 2 amide bonds. The third kappa shape index (κ3) is 2.38. The van der Waals surface area contributed by atoms with Gasteiger partial charge in [0.15, 0.2) is 0 Å². The van der Waals surface area contributed by atoms with Crippen LogP contribution in [0.1, 0.15) is 25.7 Å². The van der Waals surface area contributed by atoms with Gasteiger partial charge in [-0.2, -0.15) is 0 Å². The summed E-state index contributed by atoms with van der Waals surface area (Å²) in [5.74, 6) is 1.45. The minimum absolute atomic E-state index is 0.0660. The van der Waals surface area contributed by atoms with Crippen LogP contribution in [0, 0.1) is 11.8 Å². The van der Waals surface area contributed by atoms with Crippen molar-refractivity contribution in [3.05, 3.63) is 30.5 Å². The SMILES string of the molecule is O=C(Nc1ccc2[nH]ccc2c1)NC(C1CC1)C1CC1. The van der Waals surface area contributed by atoms with Gasteiger partial charge in [0.1, 0.15) is 0 Å². The molecule has 0 spiro atoms. The van der Waals surface area contributed by atoms with Crippen LogP contribution in [0.25, 0.3) is 10.9 Å². The zero-order chi connectivity index (χ0) is 13.5. The Morgan fingerprint density at radius 1 is 1.15 bits per heavy atom. The molecule has 104 valence electrons. The Hall–Kier alpha value is -1.97. The largest absolute Gasteiger partial charge is 0.361 e. The number of aromatic nitrogens is 1. The normalized spacial score (nSPS) is 18.4. The molecule has 4 rings (SSSR count). The van der Waals surface area contributed by atoms with E-state index in [0.29, 0.717) is 6.04 Å². The van der Waals surface area contributed by atoms with E-state index in [1.807, 2.05) is 30.5 Å². The molecule has 2 aromatic rings. The third-order valence-corrected chi connectivity index (χ3v) is 4.37. The maximum atomic E-state index is 12.1. The Morgan fingerprint density at radius 2 is 1.90 bits per heavy atom. The molecule has 4 nitrogen and oxygen atoms in total. The van der Waals surface area contributed by atoms with Crippen molar-refractivity contribution in [3.63, 3.8) is 0 Å². The molecule has 1 aromatic heterocycles. The van der Waals surface area contributed by atoms with Crippen molar-refractivity contribution in [1.82, 2.24) is 10.3 Å². The molecule has 0 bridgehead atoms. The minimum Gasteiger partial charge on any atom is -0.361 e. The van der Waals surface area contributed by atoms with E-state index in [-0.39, 0.29) is 6.03 Å². The molecule has 0 unspecified atom stereocenters. The maximum absolute atomic E-state index is 12.1. The van der Waals surface area contributed by atoms with Crippen molar-refractivity contribution >= 4 is 22.6 Å². The summed E-state index contributed by atoms with van der Waals surface area (Å²) in [6.07, 6.45) is 7.01. The molecular formula is C16H19N3O. The Labute approximate surface area is 117 Å². The number of hydrogen-bond donors (Lipinski definition) is 3.